The Labute approximate surface area is 80.3 Å². The van der Waals surface area contributed by atoms with Crippen LogP contribution in [0.25, 0.3) is 0 Å². The highest BCUT2D eigenvalue weighted by atomic mass is 35.5. The van der Waals surface area contributed by atoms with Crippen LogP contribution in [0, 0.1) is 0 Å². The molecule has 0 saturated heterocycles. The zero-order chi connectivity index (χ0) is 9.14. The molecular formula is C8H8Cl2FN. The molecule has 0 aliphatic carbocycles. The van der Waals surface area contributed by atoms with Gasteiger partial charge in [-0.05, 0) is 23.8 Å². The minimum Gasteiger partial charge on any atom is -0.322 e. The highest BCUT2D eigenvalue weighted by Crippen LogP contribution is 2.25. The van der Waals surface area contributed by atoms with Gasteiger partial charge in [-0.25, -0.2) is 4.39 Å². The third-order valence-corrected chi connectivity index (χ3v) is 2.10. The maximum atomic E-state index is 12.2. The van der Waals surface area contributed by atoms with Gasteiger partial charge in [0.1, 0.15) is 6.67 Å². The number of alkyl halides is 1. The summed E-state index contributed by atoms with van der Waals surface area (Å²) in [6.45, 7) is -0.639. The summed E-state index contributed by atoms with van der Waals surface area (Å²) in [5, 5.41) is 0.961. The SMILES string of the molecule is N[C@H](CF)c1cc(Cl)ccc1Cl. The number of rotatable bonds is 2. The van der Waals surface area contributed by atoms with E-state index in [4.69, 9.17) is 28.9 Å². The summed E-state index contributed by atoms with van der Waals surface area (Å²) in [7, 11) is 0. The van der Waals surface area contributed by atoms with Gasteiger partial charge in [-0.2, -0.15) is 0 Å². The van der Waals surface area contributed by atoms with Crippen LogP contribution in [0.15, 0.2) is 18.2 Å². The molecule has 0 aliphatic rings. The normalized spacial score (nSPS) is 13.0. The van der Waals surface area contributed by atoms with E-state index in [-0.39, 0.29) is 0 Å². The molecule has 0 bridgehead atoms. The van der Waals surface area contributed by atoms with Crippen molar-refractivity contribution in [3.63, 3.8) is 0 Å². The van der Waals surface area contributed by atoms with E-state index in [0.717, 1.165) is 0 Å². The fourth-order valence-electron chi connectivity index (χ4n) is 0.882. The number of nitrogens with two attached hydrogens (primary N) is 1. The average molecular weight is 208 g/mol. The van der Waals surface area contributed by atoms with Gasteiger partial charge in [0.15, 0.2) is 0 Å². The van der Waals surface area contributed by atoms with Crippen molar-refractivity contribution in [1.29, 1.82) is 0 Å². The number of hydrogen-bond donors (Lipinski definition) is 1. The lowest BCUT2D eigenvalue weighted by Gasteiger charge is -2.09. The Morgan fingerprint density at radius 1 is 1.42 bits per heavy atom. The third kappa shape index (κ3) is 2.09. The minimum atomic E-state index is -0.684. The second-order valence-corrected chi connectivity index (χ2v) is 3.27. The Morgan fingerprint density at radius 3 is 2.67 bits per heavy atom. The molecule has 0 heterocycles. The van der Waals surface area contributed by atoms with Gasteiger partial charge in [0.2, 0.25) is 0 Å². The molecule has 0 unspecified atom stereocenters. The van der Waals surface area contributed by atoms with Gasteiger partial charge in [-0.3, -0.25) is 0 Å². The van der Waals surface area contributed by atoms with Crippen molar-refractivity contribution in [1.82, 2.24) is 0 Å². The van der Waals surface area contributed by atoms with Crippen LogP contribution in [0.4, 0.5) is 4.39 Å². The zero-order valence-electron chi connectivity index (χ0n) is 6.23. The summed E-state index contributed by atoms with van der Waals surface area (Å²) >= 11 is 11.4. The van der Waals surface area contributed by atoms with E-state index >= 15 is 0 Å². The highest BCUT2D eigenvalue weighted by Gasteiger charge is 2.09. The van der Waals surface area contributed by atoms with Gasteiger partial charge in [0.25, 0.3) is 0 Å². The van der Waals surface area contributed by atoms with Crippen LogP contribution >= 0.6 is 23.2 Å². The molecule has 0 radical (unpaired) electrons. The summed E-state index contributed by atoms with van der Waals surface area (Å²) in [6.07, 6.45) is 0. The summed E-state index contributed by atoms with van der Waals surface area (Å²) < 4.78 is 12.2. The van der Waals surface area contributed by atoms with Crippen LogP contribution in [-0.2, 0) is 0 Å². The molecule has 1 aromatic carbocycles. The van der Waals surface area contributed by atoms with E-state index in [2.05, 4.69) is 0 Å². The van der Waals surface area contributed by atoms with E-state index in [1.54, 1.807) is 18.2 Å². The smallest absolute Gasteiger partial charge is 0.109 e. The monoisotopic (exact) mass is 207 g/mol. The lowest BCUT2D eigenvalue weighted by Crippen LogP contribution is -2.12. The molecule has 0 aromatic heterocycles. The van der Waals surface area contributed by atoms with Gasteiger partial charge < -0.3 is 5.73 Å². The molecule has 12 heavy (non-hydrogen) atoms. The molecule has 1 aromatic rings. The van der Waals surface area contributed by atoms with Crippen LogP contribution < -0.4 is 5.73 Å². The predicted molar refractivity (Wildman–Crippen MR) is 49.4 cm³/mol. The van der Waals surface area contributed by atoms with Gasteiger partial charge in [0, 0.05) is 10.0 Å². The molecule has 0 spiro atoms. The van der Waals surface area contributed by atoms with Crippen molar-refractivity contribution in [3.8, 4) is 0 Å². The summed E-state index contributed by atoms with van der Waals surface area (Å²) in [5.41, 5.74) is 5.99. The Hall–Kier alpha value is -0.310. The van der Waals surface area contributed by atoms with E-state index in [0.29, 0.717) is 15.6 Å². The van der Waals surface area contributed by atoms with Crippen molar-refractivity contribution in [2.24, 2.45) is 5.73 Å². The van der Waals surface area contributed by atoms with Gasteiger partial charge in [0.05, 0.1) is 6.04 Å². The standard InChI is InChI=1S/C8H8Cl2FN/c9-5-1-2-7(10)6(3-5)8(12)4-11/h1-3,8H,4,12H2/t8-/m1/s1. The maximum Gasteiger partial charge on any atom is 0.109 e. The van der Waals surface area contributed by atoms with Gasteiger partial charge >= 0.3 is 0 Å². The molecule has 1 nitrogen and oxygen atoms in total. The first-order chi connectivity index (χ1) is 5.65. The molecular weight excluding hydrogens is 200 g/mol. The van der Waals surface area contributed by atoms with Crippen molar-refractivity contribution < 1.29 is 4.39 Å². The molecule has 4 heteroatoms. The molecule has 0 saturated carbocycles. The quantitative estimate of drug-likeness (QED) is 0.794. The van der Waals surface area contributed by atoms with Crippen molar-refractivity contribution in [3.05, 3.63) is 33.8 Å². The van der Waals surface area contributed by atoms with E-state index in [1.165, 1.54) is 0 Å². The summed E-state index contributed by atoms with van der Waals surface area (Å²) in [6, 6.07) is 4.14. The van der Waals surface area contributed by atoms with Crippen LogP contribution in [-0.4, -0.2) is 6.67 Å². The lowest BCUT2D eigenvalue weighted by atomic mass is 10.1. The van der Waals surface area contributed by atoms with Crippen LogP contribution in [0.3, 0.4) is 0 Å². The molecule has 0 amide bonds. The second-order valence-electron chi connectivity index (χ2n) is 2.43. The predicted octanol–water partition coefficient (Wildman–Crippen LogP) is 2.96. The maximum absolute atomic E-state index is 12.2. The minimum absolute atomic E-state index is 0.449. The fourth-order valence-corrected chi connectivity index (χ4v) is 1.32. The molecule has 1 rings (SSSR count). The number of halogens is 3. The van der Waals surface area contributed by atoms with E-state index in [1.807, 2.05) is 0 Å². The van der Waals surface area contributed by atoms with Crippen molar-refractivity contribution >= 4 is 23.2 Å². The number of benzene rings is 1. The van der Waals surface area contributed by atoms with Crippen molar-refractivity contribution in [2.45, 2.75) is 6.04 Å². The Morgan fingerprint density at radius 2 is 2.08 bits per heavy atom. The van der Waals surface area contributed by atoms with E-state index in [9.17, 15) is 4.39 Å². The third-order valence-electron chi connectivity index (χ3n) is 1.52. The Kier molecular flexibility index (Phi) is 3.32. The van der Waals surface area contributed by atoms with Crippen LogP contribution in [0.5, 0.6) is 0 Å². The first-order valence-corrected chi connectivity index (χ1v) is 4.17. The molecule has 0 fully saturated rings. The Balaban J connectivity index is 3.04. The Bertz CT molecular complexity index is 278. The van der Waals surface area contributed by atoms with Crippen molar-refractivity contribution in [2.75, 3.05) is 6.67 Å². The highest BCUT2D eigenvalue weighted by molar-refractivity contribution is 6.33. The second kappa shape index (κ2) is 4.08. The molecule has 0 aliphatic heterocycles. The fraction of sp³-hybridized carbons (Fsp3) is 0.250. The lowest BCUT2D eigenvalue weighted by molar-refractivity contribution is 0.437. The zero-order valence-corrected chi connectivity index (χ0v) is 7.74. The molecule has 1 atom stereocenters. The van der Waals surface area contributed by atoms with Gasteiger partial charge in [-0.15, -0.1) is 0 Å². The summed E-state index contributed by atoms with van der Waals surface area (Å²) in [5.74, 6) is 0. The first-order valence-electron chi connectivity index (χ1n) is 3.41. The van der Waals surface area contributed by atoms with Crippen LogP contribution in [0.1, 0.15) is 11.6 Å². The number of hydrogen-bond acceptors (Lipinski definition) is 1. The van der Waals surface area contributed by atoms with Crippen LogP contribution in [0.2, 0.25) is 10.0 Å². The summed E-state index contributed by atoms with van der Waals surface area (Å²) in [4.78, 5) is 0. The largest absolute Gasteiger partial charge is 0.322 e. The van der Waals surface area contributed by atoms with Gasteiger partial charge in [-0.1, -0.05) is 23.2 Å². The van der Waals surface area contributed by atoms with E-state index < -0.39 is 12.7 Å². The topological polar surface area (TPSA) is 26.0 Å². The molecule has 66 valence electrons. The first kappa shape index (κ1) is 9.78. The molecule has 2 N–H and O–H groups in total. The average Bonchev–Trinajstić information content (AvgIpc) is 2.08.